The molecule has 1 fully saturated rings. The van der Waals surface area contributed by atoms with Crippen LogP contribution < -0.4 is 10.1 Å². The Morgan fingerprint density at radius 2 is 1.87 bits per heavy atom. The quantitative estimate of drug-likeness (QED) is 0.846. The van der Waals surface area contributed by atoms with Crippen molar-refractivity contribution in [3.05, 3.63) is 64.4 Å². The van der Waals surface area contributed by atoms with Crippen molar-refractivity contribution in [2.24, 2.45) is 0 Å². The van der Waals surface area contributed by atoms with Gasteiger partial charge in [-0.1, -0.05) is 29.8 Å². The average molecular weight is 335 g/mol. The molecule has 0 aliphatic heterocycles. The van der Waals surface area contributed by atoms with E-state index in [4.69, 9.17) is 16.3 Å². The second kappa shape index (κ2) is 7.80. The molecule has 3 rings (SSSR count). The molecule has 1 aliphatic rings. The second-order valence-electron chi connectivity index (χ2n) is 6.12. The molecule has 0 amide bonds. The van der Waals surface area contributed by atoms with Crippen molar-refractivity contribution in [2.75, 3.05) is 0 Å². The number of hydrogen-bond acceptors (Lipinski definition) is 1. The van der Waals surface area contributed by atoms with Crippen LogP contribution in [0.15, 0.2) is 42.5 Å². The van der Waals surface area contributed by atoms with E-state index in [1.807, 2.05) is 24.3 Å². The van der Waals surface area contributed by atoms with E-state index in [0.717, 1.165) is 17.9 Å². The molecule has 2 nitrogen and oxygen atoms in total. The zero-order valence-corrected chi connectivity index (χ0v) is 13.9. The van der Waals surface area contributed by atoms with Crippen LogP contribution in [-0.2, 0) is 13.2 Å². The number of nitrogens with two attached hydrogens (primary N) is 1. The van der Waals surface area contributed by atoms with Crippen molar-refractivity contribution < 1.29 is 14.4 Å². The standard InChI is InChI=1S/C19H21ClFNO/c20-16-9-10-19(23-13-14-5-1-4-8-18(14)21)15(11-16)12-22-17-6-2-3-7-17/h1,4-5,8-11,17,22H,2-3,6-7,12-13H2/p+1. The maximum atomic E-state index is 13.7. The summed E-state index contributed by atoms with van der Waals surface area (Å²) in [7, 11) is 0. The number of ether oxygens (including phenoxy) is 1. The minimum Gasteiger partial charge on any atom is -0.488 e. The van der Waals surface area contributed by atoms with E-state index in [9.17, 15) is 4.39 Å². The highest BCUT2D eigenvalue weighted by molar-refractivity contribution is 6.30. The summed E-state index contributed by atoms with van der Waals surface area (Å²) in [6.45, 7) is 1.07. The number of hydrogen-bond donors (Lipinski definition) is 1. The van der Waals surface area contributed by atoms with Gasteiger partial charge in [-0.05, 0) is 49.9 Å². The first-order valence-corrected chi connectivity index (χ1v) is 8.58. The molecule has 0 unspecified atom stereocenters. The molecular formula is C19H22ClFNO+. The predicted octanol–water partition coefficient (Wildman–Crippen LogP) is 4.06. The highest BCUT2D eigenvalue weighted by atomic mass is 35.5. The molecule has 2 aromatic carbocycles. The lowest BCUT2D eigenvalue weighted by Crippen LogP contribution is -2.87. The third-order valence-corrected chi connectivity index (χ3v) is 4.67. The molecule has 2 aromatic rings. The smallest absolute Gasteiger partial charge is 0.129 e. The Kier molecular flexibility index (Phi) is 5.52. The molecule has 0 spiro atoms. The molecular weight excluding hydrogens is 313 g/mol. The van der Waals surface area contributed by atoms with E-state index in [1.165, 1.54) is 31.7 Å². The summed E-state index contributed by atoms with van der Waals surface area (Å²) < 4.78 is 19.6. The van der Waals surface area contributed by atoms with Crippen LogP contribution in [0.25, 0.3) is 0 Å². The monoisotopic (exact) mass is 334 g/mol. The van der Waals surface area contributed by atoms with Crippen molar-refractivity contribution in [1.29, 1.82) is 0 Å². The van der Waals surface area contributed by atoms with Crippen LogP contribution in [0, 0.1) is 5.82 Å². The molecule has 23 heavy (non-hydrogen) atoms. The summed E-state index contributed by atoms with van der Waals surface area (Å²) in [6, 6.07) is 13.0. The fourth-order valence-electron chi connectivity index (χ4n) is 3.11. The zero-order chi connectivity index (χ0) is 16.1. The summed E-state index contributed by atoms with van der Waals surface area (Å²) in [5, 5.41) is 3.08. The first-order valence-electron chi connectivity index (χ1n) is 8.20. The van der Waals surface area contributed by atoms with Gasteiger partial charge in [0.2, 0.25) is 0 Å². The molecule has 0 atom stereocenters. The Morgan fingerprint density at radius 1 is 1.09 bits per heavy atom. The van der Waals surface area contributed by atoms with Gasteiger partial charge in [-0.2, -0.15) is 0 Å². The molecule has 0 heterocycles. The van der Waals surface area contributed by atoms with Gasteiger partial charge < -0.3 is 10.1 Å². The number of benzene rings is 2. The highest BCUT2D eigenvalue weighted by Crippen LogP contribution is 2.24. The Labute approximate surface area is 141 Å². The van der Waals surface area contributed by atoms with Gasteiger partial charge in [0, 0.05) is 16.1 Å². The molecule has 122 valence electrons. The minimum absolute atomic E-state index is 0.227. The molecule has 1 aliphatic carbocycles. The lowest BCUT2D eigenvalue weighted by molar-refractivity contribution is -0.703. The maximum Gasteiger partial charge on any atom is 0.129 e. The second-order valence-corrected chi connectivity index (χ2v) is 6.55. The average Bonchev–Trinajstić information content (AvgIpc) is 3.07. The van der Waals surface area contributed by atoms with E-state index in [0.29, 0.717) is 16.6 Å². The molecule has 0 saturated heterocycles. The molecule has 0 radical (unpaired) electrons. The predicted molar refractivity (Wildman–Crippen MR) is 90.1 cm³/mol. The summed E-state index contributed by atoms with van der Waals surface area (Å²) in [5.74, 6) is 0.549. The van der Waals surface area contributed by atoms with E-state index in [1.54, 1.807) is 12.1 Å². The molecule has 0 bridgehead atoms. The van der Waals surface area contributed by atoms with Crippen LogP contribution in [0.5, 0.6) is 5.75 Å². The topological polar surface area (TPSA) is 25.8 Å². The number of halogens is 2. The maximum absolute atomic E-state index is 13.7. The van der Waals surface area contributed by atoms with Gasteiger partial charge in [-0.15, -0.1) is 0 Å². The molecule has 4 heteroatoms. The summed E-state index contributed by atoms with van der Waals surface area (Å²) in [4.78, 5) is 0. The fourth-order valence-corrected chi connectivity index (χ4v) is 3.30. The van der Waals surface area contributed by atoms with Crippen LogP contribution in [0.2, 0.25) is 5.02 Å². The summed E-state index contributed by atoms with van der Waals surface area (Å²) >= 11 is 6.13. The first-order chi connectivity index (χ1) is 11.2. The van der Waals surface area contributed by atoms with Crippen LogP contribution in [-0.4, -0.2) is 6.04 Å². The summed E-state index contributed by atoms with van der Waals surface area (Å²) in [5.41, 5.74) is 1.63. The fraction of sp³-hybridized carbons (Fsp3) is 0.368. The van der Waals surface area contributed by atoms with Crippen LogP contribution in [0.4, 0.5) is 4.39 Å². The van der Waals surface area contributed by atoms with Crippen molar-refractivity contribution in [3.8, 4) is 5.75 Å². The van der Waals surface area contributed by atoms with Crippen molar-refractivity contribution in [3.63, 3.8) is 0 Å². The van der Waals surface area contributed by atoms with Crippen molar-refractivity contribution >= 4 is 11.6 Å². The van der Waals surface area contributed by atoms with Crippen LogP contribution in [0.1, 0.15) is 36.8 Å². The van der Waals surface area contributed by atoms with Gasteiger partial charge in [0.15, 0.2) is 0 Å². The Balaban J connectivity index is 1.67. The Bertz CT molecular complexity index is 656. The SMILES string of the molecule is Fc1ccccc1COc1ccc(Cl)cc1C[NH2+]C1CCCC1. The van der Waals surface area contributed by atoms with E-state index >= 15 is 0 Å². The van der Waals surface area contributed by atoms with E-state index < -0.39 is 0 Å². The van der Waals surface area contributed by atoms with Crippen molar-refractivity contribution in [1.82, 2.24) is 0 Å². The zero-order valence-electron chi connectivity index (χ0n) is 13.1. The van der Waals surface area contributed by atoms with Gasteiger partial charge >= 0.3 is 0 Å². The first kappa shape index (κ1) is 16.3. The summed E-state index contributed by atoms with van der Waals surface area (Å²) in [6.07, 6.45) is 5.22. The Hall–Kier alpha value is -1.58. The molecule has 2 N–H and O–H groups in total. The van der Waals surface area contributed by atoms with Gasteiger partial charge in [0.05, 0.1) is 6.04 Å². The van der Waals surface area contributed by atoms with Gasteiger partial charge in [-0.3, -0.25) is 0 Å². The largest absolute Gasteiger partial charge is 0.488 e. The lowest BCUT2D eigenvalue weighted by Gasteiger charge is -2.14. The van der Waals surface area contributed by atoms with E-state index in [2.05, 4.69) is 5.32 Å². The van der Waals surface area contributed by atoms with Gasteiger partial charge in [-0.25, -0.2) is 4.39 Å². The normalized spacial score (nSPS) is 15.0. The number of rotatable bonds is 6. The molecule has 0 aromatic heterocycles. The van der Waals surface area contributed by atoms with Crippen LogP contribution in [0.3, 0.4) is 0 Å². The van der Waals surface area contributed by atoms with Gasteiger partial charge in [0.25, 0.3) is 0 Å². The minimum atomic E-state index is -0.236. The highest BCUT2D eigenvalue weighted by Gasteiger charge is 2.18. The lowest BCUT2D eigenvalue weighted by atomic mass is 10.1. The Morgan fingerprint density at radius 3 is 2.65 bits per heavy atom. The number of quaternary nitrogens is 1. The van der Waals surface area contributed by atoms with Crippen LogP contribution >= 0.6 is 11.6 Å². The third-order valence-electron chi connectivity index (χ3n) is 4.43. The van der Waals surface area contributed by atoms with Crippen molar-refractivity contribution in [2.45, 2.75) is 44.9 Å². The molecule has 1 saturated carbocycles. The van der Waals surface area contributed by atoms with E-state index in [-0.39, 0.29) is 12.4 Å². The third kappa shape index (κ3) is 4.46. The van der Waals surface area contributed by atoms with Gasteiger partial charge in [0.1, 0.15) is 24.7 Å².